The van der Waals surface area contributed by atoms with Crippen LogP contribution >= 0.6 is 0 Å². The first kappa shape index (κ1) is 37.6. The van der Waals surface area contributed by atoms with Crippen molar-refractivity contribution >= 4 is 23.0 Å². The van der Waals surface area contributed by atoms with Crippen molar-refractivity contribution in [2.75, 3.05) is 0 Å². The Labute approximate surface area is 312 Å². The molecule has 0 amide bonds. The molecular formula is C44H52N6O3. The number of aromatic carboxylic acids is 1. The van der Waals surface area contributed by atoms with Gasteiger partial charge < -0.3 is 5.11 Å². The predicted molar refractivity (Wildman–Crippen MR) is 209 cm³/mol. The van der Waals surface area contributed by atoms with Gasteiger partial charge in [0.05, 0.1) is 17.0 Å². The third-order valence-electron chi connectivity index (χ3n) is 10.6. The van der Waals surface area contributed by atoms with Crippen LogP contribution in [0.1, 0.15) is 136 Å². The molecule has 276 valence electrons. The highest BCUT2D eigenvalue weighted by atomic mass is 16.4. The quantitative estimate of drug-likeness (QED) is 0.133. The summed E-state index contributed by atoms with van der Waals surface area (Å²) in [6.45, 7) is 12.3. The minimum absolute atomic E-state index is 0.283. The summed E-state index contributed by atoms with van der Waals surface area (Å²) in [6.07, 6.45) is 11.6. The zero-order valence-corrected chi connectivity index (χ0v) is 32.1. The van der Waals surface area contributed by atoms with Crippen LogP contribution in [-0.2, 0) is 25.7 Å². The van der Waals surface area contributed by atoms with Gasteiger partial charge in [0.1, 0.15) is 0 Å². The summed E-state index contributed by atoms with van der Waals surface area (Å²) < 4.78 is 3.86. The first-order valence-corrected chi connectivity index (χ1v) is 19.2. The van der Waals surface area contributed by atoms with Crippen LogP contribution in [0.2, 0.25) is 0 Å². The molecule has 9 heteroatoms. The monoisotopic (exact) mass is 712 g/mol. The van der Waals surface area contributed by atoms with Gasteiger partial charge in [-0.15, -0.1) is 0 Å². The molecule has 6 aromatic rings. The van der Waals surface area contributed by atoms with Gasteiger partial charge in [-0.3, -0.25) is 4.79 Å². The highest BCUT2D eigenvalue weighted by molar-refractivity contribution is 5.96. The molecule has 1 fully saturated rings. The smallest absolute Gasteiger partial charge is 0.335 e. The van der Waals surface area contributed by atoms with Crippen LogP contribution in [0.15, 0.2) is 60.7 Å². The van der Waals surface area contributed by atoms with Crippen molar-refractivity contribution in [2.24, 2.45) is 5.92 Å². The summed E-state index contributed by atoms with van der Waals surface area (Å²) in [4.78, 5) is 33.0. The molecule has 1 N–H and O–H groups in total. The van der Waals surface area contributed by atoms with Gasteiger partial charge in [-0.25, -0.2) is 23.8 Å². The molecule has 0 aliphatic heterocycles. The number of nitrogens with zero attached hydrogens (tertiary/aromatic N) is 6. The van der Waals surface area contributed by atoms with E-state index in [1.165, 1.54) is 43.2 Å². The highest BCUT2D eigenvalue weighted by Gasteiger charge is 2.18. The Kier molecular flexibility index (Phi) is 11.8. The van der Waals surface area contributed by atoms with E-state index in [4.69, 9.17) is 15.2 Å². The number of aryl methyl sites for hydroxylation is 6. The lowest BCUT2D eigenvalue weighted by Crippen LogP contribution is -2.09. The van der Waals surface area contributed by atoms with E-state index in [0.29, 0.717) is 18.4 Å². The lowest BCUT2D eigenvalue weighted by atomic mass is 9.85. The minimum Gasteiger partial charge on any atom is -0.478 e. The highest BCUT2D eigenvalue weighted by Crippen LogP contribution is 2.28. The van der Waals surface area contributed by atoms with Crippen LogP contribution in [0.4, 0.5) is 0 Å². The van der Waals surface area contributed by atoms with Crippen molar-refractivity contribution < 1.29 is 14.7 Å². The molecule has 1 aliphatic rings. The molecule has 9 nitrogen and oxygen atoms in total. The fraction of sp³-hybridized carbons (Fsp3) is 0.409. The number of carbonyl (C=O) groups excluding carboxylic acids is 1. The largest absolute Gasteiger partial charge is 0.478 e. The number of hydrogen-bond acceptors (Lipinski definition) is 6. The molecule has 7 rings (SSSR count). The third-order valence-corrected chi connectivity index (χ3v) is 10.6. The van der Waals surface area contributed by atoms with E-state index in [9.17, 15) is 9.59 Å². The fourth-order valence-corrected chi connectivity index (χ4v) is 7.69. The molecule has 0 bridgehead atoms. The van der Waals surface area contributed by atoms with Crippen LogP contribution in [-0.4, -0.2) is 46.1 Å². The molecule has 0 saturated heterocycles. The topological polar surface area (TPSA) is 115 Å². The summed E-state index contributed by atoms with van der Waals surface area (Å²) in [5.41, 5.74) is 13.8. The summed E-state index contributed by atoms with van der Waals surface area (Å²) in [7, 11) is 0. The van der Waals surface area contributed by atoms with Gasteiger partial charge in [0.15, 0.2) is 17.1 Å². The Morgan fingerprint density at radius 3 is 1.57 bits per heavy atom. The molecule has 0 atom stereocenters. The van der Waals surface area contributed by atoms with Crippen molar-refractivity contribution in [2.45, 2.75) is 112 Å². The van der Waals surface area contributed by atoms with Crippen molar-refractivity contribution in [1.29, 1.82) is 0 Å². The van der Waals surface area contributed by atoms with E-state index in [0.717, 1.165) is 93.7 Å². The summed E-state index contributed by atoms with van der Waals surface area (Å²) in [5.74, 6) is 0.129. The van der Waals surface area contributed by atoms with Crippen LogP contribution in [0.3, 0.4) is 0 Å². The van der Waals surface area contributed by atoms with E-state index >= 15 is 0 Å². The molecular weight excluding hydrogens is 661 g/mol. The lowest BCUT2D eigenvalue weighted by molar-refractivity contribution is 0.0696. The van der Waals surface area contributed by atoms with E-state index in [2.05, 4.69) is 49.1 Å². The lowest BCUT2D eigenvalue weighted by Gasteiger charge is -2.20. The van der Waals surface area contributed by atoms with Gasteiger partial charge in [-0.2, -0.15) is 10.2 Å². The Bertz CT molecular complexity index is 2220. The molecule has 0 spiro atoms. The first-order valence-electron chi connectivity index (χ1n) is 19.2. The SMILES string of the molecule is CCc1nn2c(C)cc(C)nc2c1Cc1ccc(C(=O)CCC2CCCCC2)cc1.CCc1nn2c(C)cc(C)nc2c1Cc1ccc(C(=O)O)cc1. The maximum Gasteiger partial charge on any atom is 0.335 e. The normalized spacial score (nSPS) is 13.3. The second-order valence-electron chi connectivity index (χ2n) is 14.6. The van der Waals surface area contributed by atoms with Gasteiger partial charge in [0.2, 0.25) is 0 Å². The second kappa shape index (κ2) is 16.7. The molecule has 1 saturated carbocycles. The number of carboxylic acid groups (broad SMARTS) is 1. The van der Waals surface area contributed by atoms with Crippen molar-refractivity contribution in [1.82, 2.24) is 29.2 Å². The van der Waals surface area contributed by atoms with Crippen molar-refractivity contribution in [3.63, 3.8) is 0 Å². The Balaban J connectivity index is 0.000000188. The van der Waals surface area contributed by atoms with Crippen LogP contribution in [0, 0.1) is 33.6 Å². The molecule has 4 heterocycles. The number of carboxylic acids is 1. The molecule has 53 heavy (non-hydrogen) atoms. The molecule has 2 aromatic carbocycles. The first-order chi connectivity index (χ1) is 25.5. The van der Waals surface area contributed by atoms with Crippen molar-refractivity contribution in [3.8, 4) is 0 Å². The van der Waals surface area contributed by atoms with Crippen LogP contribution in [0.25, 0.3) is 11.3 Å². The molecule has 1 aliphatic carbocycles. The summed E-state index contributed by atoms with van der Waals surface area (Å²) in [5, 5.41) is 18.4. The molecule has 0 unspecified atom stereocenters. The average Bonchev–Trinajstić information content (AvgIpc) is 3.69. The third kappa shape index (κ3) is 8.73. The van der Waals surface area contributed by atoms with Gasteiger partial charge in [0, 0.05) is 58.7 Å². The standard InChI is InChI=1S/C26H33N3O.C18H19N3O2/c1-4-24-23(26-27-18(2)16-19(3)29(26)28-24)17-21-10-13-22(14-11-21)25(30)15-12-20-8-6-5-7-9-20;1-4-16-15(10-13-5-7-14(8-6-13)18(22)23)17-19-11(2)9-12(3)21(17)20-16/h10-11,13-14,16,20H,4-9,12,15,17H2,1-3H3;5-9H,4,10H2,1-3H3,(H,22,23). The Morgan fingerprint density at radius 1 is 0.679 bits per heavy atom. The zero-order valence-electron chi connectivity index (χ0n) is 32.1. The van der Waals surface area contributed by atoms with Crippen LogP contribution in [0.5, 0.6) is 0 Å². The number of aromatic nitrogens is 6. The minimum atomic E-state index is -0.908. The number of Topliss-reactive ketones (excluding diaryl/α,β-unsaturated/α-hetero) is 1. The van der Waals surface area contributed by atoms with Gasteiger partial charge >= 0.3 is 5.97 Å². The van der Waals surface area contributed by atoms with E-state index in [1.54, 1.807) is 12.1 Å². The number of hydrogen-bond donors (Lipinski definition) is 1. The maximum absolute atomic E-state index is 12.6. The molecule has 4 aromatic heterocycles. The van der Waals surface area contributed by atoms with Gasteiger partial charge in [-0.1, -0.05) is 82.3 Å². The van der Waals surface area contributed by atoms with E-state index in [1.807, 2.05) is 60.1 Å². The number of carbonyl (C=O) groups is 2. The maximum atomic E-state index is 12.6. The predicted octanol–water partition coefficient (Wildman–Crippen LogP) is 9.24. The summed E-state index contributed by atoms with van der Waals surface area (Å²) >= 11 is 0. The number of benzene rings is 2. The summed E-state index contributed by atoms with van der Waals surface area (Å²) in [6, 6.07) is 19.3. The van der Waals surface area contributed by atoms with E-state index in [-0.39, 0.29) is 5.78 Å². The Hall–Kier alpha value is -5.18. The fourth-order valence-electron chi connectivity index (χ4n) is 7.69. The van der Waals surface area contributed by atoms with Crippen molar-refractivity contribution in [3.05, 3.63) is 128 Å². The van der Waals surface area contributed by atoms with Gasteiger partial charge in [0.25, 0.3) is 0 Å². The number of fused-ring (bicyclic) bond motifs is 2. The molecule has 0 radical (unpaired) electrons. The van der Waals surface area contributed by atoms with E-state index < -0.39 is 5.97 Å². The number of rotatable bonds is 11. The zero-order chi connectivity index (χ0) is 37.6. The second-order valence-corrected chi connectivity index (χ2v) is 14.6. The van der Waals surface area contributed by atoms with Gasteiger partial charge in [-0.05, 0) is 88.3 Å². The Morgan fingerprint density at radius 2 is 1.13 bits per heavy atom. The average molecular weight is 713 g/mol. The number of ketones is 1. The van der Waals surface area contributed by atoms with Crippen LogP contribution < -0.4 is 0 Å².